The van der Waals surface area contributed by atoms with Crippen molar-refractivity contribution in [1.29, 1.82) is 0 Å². The van der Waals surface area contributed by atoms with Crippen LogP contribution in [0.3, 0.4) is 0 Å². The van der Waals surface area contributed by atoms with Crippen molar-refractivity contribution in [3.8, 4) is 0 Å². The molecule has 0 spiro atoms. The van der Waals surface area contributed by atoms with E-state index in [0.29, 0.717) is 13.0 Å². The Hall–Kier alpha value is -0.910. The van der Waals surface area contributed by atoms with Crippen LogP contribution in [0.2, 0.25) is 0 Å². The van der Waals surface area contributed by atoms with Crippen LogP contribution < -0.4 is 5.73 Å². The van der Waals surface area contributed by atoms with Crippen LogP contribution in [-0.2, 0) is 17.4 Å². The fraction of sp³-hybridized carbons (Fsp3) is 0.700. The molecule has 1 aromatic heterocycles. The molecule has 0 saturated heterocycles. The molecule has 0 saturated carbocycles. The molecule has 0 fully saturated rings. The van der Waals surface area contributed by atoms with E-state index in [9.17, 15) is 5.11 Å². The van der Waals surface area contributed by atoms with E-state index in [-0.39, 0.29) is 6.61 Å². The second-order valence-electron chi connectivity index (χ2n) is 3.70. The van der Waals surface area contributed by atoms with Crippen molar-refractivity contribution in [3.63, 3.8) is 0 Å². The van der Waals surface area contributed by atoms with Crippen LogP contribution in [0.15, 0.2) is 12.3 Å². The average molecular weight is 213 g/mol. The quantitative estimate of drug-likeness (QED) is 0.697. The Kier molecular flexibility index (Phi) is 4.26. The molecule has 1 heterocycles. The van der Waals surface area contributed by atoms with Crippen LogP contribution in [0.5, 0.6) is 0 Å². The Labute approximate surface area is 89.8 Å². The minimum absolute atomic E-state index is 0.256. The number of hydrogen-bond acceptors (Lipinski definition) is 4. The highest BCUT2D eigenvalue weighted by Gasteiger charge is 2.31. The van der Waals surface area contributed by atoms with Crippen LogP contribution in [0.1, 0.15) is 18.5 Å². The first-order chi connectivity index (χ1) is 7.14. The standard InChI is InChI=1S/C10H19N3O2/c1-13-9(4-7-12-13)10(14,8-15-2)5-3-6-11/h4,7,14H,3,5-6,8,11H2,1-2H3. The molecule has 86 valence electrons. The van der Waals surface area contributed by atoms with Gasteiger partial charge in [-0.1, -0.05) is 0 Å². The molecule has 5 heteroatoms. The van der Waals surface area contributed by atoms with E-state index < -0.39 is 5.60 Å². The van der Waals surface area contributed by atoms with Crippen molar-refractivity contribution in [2.24, 2.45) is 12.8 Å². The predicted octanol–water partition coefficient (Wildman–Crippen LogP) is -0.00700. The summed E-state index contributed by atoms with van der Waals surface area (Å²) in [5, 5.41) is 14.5. The van der Waals surface area contributed by atoms with Gasteiger partial charge in [0.05, 0.1) is 12.3 Å². The molecule has 0 aliphatic heterocycles. The van der Waals surface area contributed by atoms with Gasteiger partial charge in [-0.3, -0.25) is 4.68 Å². The first kappa shape index (κ1) is 12.2. The van der Waals surface area contributed by atoms with E-state index in [2.05, 4.69) is 5.10 Å². The number of aliphatic hydroxyl groups is 1. The molecule has 0 aliphatic carbocycles. The van der Waals surface area contributed by atoms with Crippen LogP contribution in [0.4, 0.5) is 0 Å². The molecule has 0 radical (unpaired) electrons. The van der Waals surface area contributed by atoms with Gasteiger partial charge in [-0.05, 0) is 25.5 Å². The molecule has 0 aliphatic rings. The van der Waals surface area contributed by atoms with Gasteiger partial charge in [0.15, 0.2) is 0 Å². The fourth-order valence-electron chi connectivity index (χ4n) is 1.74. The van der Waals surface area contributed by atoms with E-state index in [1.54, 1.807) is 31.1 Å². The highest BCUT2D eigenvalue weighted by Crippen LogP contribution is 2.25. The Bertz CT molecular complexity index is 301. The van der Waals surface area contributed by atoms with E-state index in [0.717, 1.165) is 12.1 Å². The number of ether oxygens (including phenoxy) is 1. The number of rotatable bonds is 6. The van der Waals surface area contributed by atoms with E-state index >= 15 is 0 Å². The van der Waals surface area contributed by atoms with Crippen LogP contribution in [0.25, 0.3) is 0 Å². The lowest BCUT2D eigenvalue weighted by atomic mass is 9.94. The molecule has 1 rings (SSSR count). The molecule has 15 heavy (non-hydrogen) atoms. The summed E-state index contributed by atoms with van der Waals surface area (Å²) in [5.41, 5.74) is 5.22. The maximum atomic E-state index is 10.4. The topological polar surface area (TPSA) is 73.3 Å². The van der Waals surface area contributed by atoms with Gasteiger partial charge in [-0.2, -0.15) is 5.10 Å². The van der Waals surface area contributed by atoms with Gasteiger partial charge in [0, 0.05) is 20.4 Å². The third-order valence-electron chi connectivity index (χ3n) is 2.48. The van der Waals surface area contributed by atoms with Crippen molar-refractivity contribution in [3.05, 3.63) is 18.0 Å². The molecule has 1 unspecified atom stereocenters. The van der Waals surface area contributed by atoms with E-state index in [4.69, 9.17) is 10.5 Å². The van der Waals surface area contributed by atoms with Gasteiger partial charge >= 0.3 is 0 Å². The van der Waals surface area contributed by atoms with Crippen molar-refractivity contribution in [1.82, 2.24) is 9.78 Å². The number of aryl methyl sites for hydroxylation is 1. The number of methoxy groups -OCH3 is 1. The lowest BCUT2D eigenvalue weighted by Gasteiger charge is -2.27. The number of hydrogen-bond donors (Lipinski definition) is 2. The first-order valence-electron chi connectivity index (χ1n) is 5.04. The van der Waals surface area contributed by atoms with Crippen LogP contribution in [-0.4, -0.2) is 35.1 Å². The second-order valence-corrected chi connectivity index (χ2v) is 3.70. The van der Waals surface area contributed by atoms with Crippen molar-refractivity contribution >= 4 is 0 Å². The van der Waals surface area contributed by atoms with Gasteiger partial charge in [-0.15, -0.1) is 0 Å². The summed E-state index contributed by atoms with van der Waals surface area (Å²) in [6.45, 7) is 0.816. The van der Waals surface area contributed by atoms with Crippen molar-refractivity contribution < 1.29 is 9.84 Å². The highest BCUT2D eigenvalue weighted by molar-refractivity contribution is 5.11. The zero-order valence-electron chi connectivity index (χ0n) is 9.31. The fourth-order valence-corrected chi connectivity index (χ4v) is 1.74. The lowest BCUT2D eigenvalue weighted by molar-refractivity contribution is -0.0485. The van der Waals surface area contributed by atoms with Crippen LogP contribution in [0, 0.1) is 0 Å². The maximum absolute atomic E-state index is 10.4. The first-order valence-corrected chi connectivity index (χ1v) is 5.04. The summed E-state index contributed by atoms with van der Waals surface area (Å²) in [7, 11) is 3.38. The largest absolute Gasteiger partial charge is 0.381 e. The third-order valence-corrected chi connectivity index (χ3v) is 2.48. The van der Waals surface area contributed by atoms with Gasteiger partial charge < -0.3 is 15.6 Å². The molecule has 0 aromatic carbocycles. The van der Waals surface area contributed by atoms with Crippen LogP contribution >= 0.6 is 0 Å². The monoisotopic (exact) mass is 213 g/mol. The Morgan fingerprint density at radius 2 is 2.40 bits per heavy atom. The third kappa shape index (κ3) is 2.77. The van der Waals surface area contributed by atoms with Gasteiger partial charge in [0.2, 0.25) is 0 Å². The highest BCUT2D eigenvalue weighted by atomic mass is 16.5. The Morgan fingerprint density at radius 1 is 1.67 bits per heavy atom. The zero-order valence-corrected chi connectivity index (χ0v) is 9.31. The van der Waals surface area contributed by atoms with Gasteiger partial charge in [0.25, 0.3) is 0 Å². The second kappa shape index (κ2) is 5.25. The lowest BCUT2D eigenvalue weighted by Crippen LogP contribution is -2.34. The number of nitrogens with two attached hydrogens (primary N) is 1. The summed E-state index contributed by atoms with van der Waals surface area (Å²) in [5.74, 6) is 0. The number of aromatic nitrogens is 2. The summed E-state index contributed by atoms with van der Waals surface area (Å²) in [6, 6.07) is 1.80. The number of nitrogens with zero attached hydrogens (tertiary/aromatic N) is 2. The molecular weight excluding hydrogens is 194 g/mol. The molecule has 0 amide bonds. The van der Waals surface area contributed by atoms with Crippen molar-refractivity contribution in [2.45, 2.75) is 18.4 Å². The summed E-state index contributed by atoms with van der Waals surface area (Å²) >= 11 is 0. The average Bonchev–Trinajstić information content (AvgIpc) is 2.62. The molecule has 0 bridgehead atoms. The smallest absolute Gasteiger partial charge is 0.129 e. The molecule has 5 nitrogen and oxygen atoms in total. The Balaban J connectivity index is 2.85. The predicted molar refractivity (Wildman–Crippen MR) is 57.3 cm³/mol. The van der Waals surface area contributed by atoms with E-state index in [1.165, 1.54) is 0 Å². The van der Waals surface area contributed by atoms with Crippen molar-refractivity contribution in [2.75, 3.05) is 20.3 Å². The molecular formula is C10H19N3O2. The van der Waals surface area contributed by atoms with E-state index in [1.807, 2.05) is 0 Å². The normalized spacial score (nSPS) is 15.2. The molecule has 1 aromatic rings. The summed E-state index contributed by atoms with van der Waals surface area (Å²) in [4.78, 5) is 0. The zero-order chi connectivity index (χ0) is 11.3. The van der Waals surface area contributed by atoms with Gasteiger partial charge in [-0.25, -0.2) is 0 Å². The minimum Gasteiger partial charge on any atom is -0.381 e. The maximum Gasteiger partial charge on any atom is 0.129 e. The summed E-state index contributed by atoms with van der Waals surface area (Å²) < 4.78 is 6.71. The summed E-state index contributed by atoms with van der Waals surface area (Å²) in [6.07, 6.45) is 3.00. The SMILES string of the molecule is COCC(O)(CCCN)c1ccnn1C. The molecule has 3 N–H and O–H groups in total. The Morgan fingerprint density at radius 3 is 2.87 bits per heavy atom. The minimum atomic E-state index is -0.987. The van der Waals surface area contributed by atoms with Gasteiger partial charge in [0.1, 0.15) is 5.60 Å². The molecule has 1 atom stereocenters.